The highest BCUT2D eigenvalue weighted by atomic mass is 16.2. The van der Waals surface area contributed by atoms with Gasteiger partial charge in [0, 0.05) is 25.2 Å². The first-order chi connectivity index (χ1) is 14.7. The molecule has 5 nitrogen and oxygen atoms in total. The molecule has 1 aromatic carbocycles. The second-order valence-electron chi connectivity index (χ2n) is 9.88. The number of nitrogens with zero attached hydrogens (tertiary/aromatic N) is 3. The average molecular weight is 419 g/mol. The number of carbonyl (C=O) groups excluding carboxylic acids is 1. The number of rotatable bonds is 5. The lowest BCUT2D eigenvalue weighted by Crippen LogP contribution is -2.42. The Morgan fingerprint density at radius 1 is 1.13 bits per heavy atom. The second kappa shape index (κ2) is 9.51. The van der Waals surface area contributed by atoms with Crippen LogP contribution in [0.5, 0.6) is 0 Å². The summed E-state index contributed by atoms with van der Waals surface area (Å²) in [6.07, 6.45) is 3.22. The van der Waals surface area contributed by atoms with E-state index in [2.05, 4.69) is 80.2 Å². The predicted molar refractivity (Wildman–Crippen MR) is 125 cm³/mol. The first-order valence-electron chi connectivity index (χ1n) is 11.2. The van der Waals surface area contributed by atoms with E-state index in [0.29, 0.717) is 11.5 Å². The molecular weight excluding hydrogens is 384 g/mol. The van der Waals surface area contributed by atoms with Crippen molar-refractivity contribution < 1.29 is 4.79 Å². The summed E-state index contributed by atoms with van der Waals surface area (Å²) in [7, 11) is 0. The van der Waals surface area contributed by atoms with Crippen molar-refractivity contribution in [3.05, 3.63) is 59.3 Å². The molecule has 0 radical (unpaired) electrons. The van der Waals surface area contributed by atoms with E-state index in [1.54, 1.807) is 12.3 Å². The molecule has 1 aliphatic rings. The molecule has 2 aromatic rings. The summed E-state index contributed by atoms with van der Waals surface area (Å²) in [6, 6.07) is 14.5. The smallest absolute Gasteiger partial charge is 0.223 e. The van der Waals surface area contributed by atoms with Crippen molar-refractivity contribution in [3.8, 4) is 6.07 Å². The molecule has 5 heteroatoms. The molecule has 1 aromatic heterocycles. The molecule has 0 bridgehead atoms. The zero-order valence-corrected chi connectivity index (χ0v) is 19.4. The van der Waals surface area contributed by atoms with Crippen molar-refractivity contribution in [1.29, 1.82) is 5.26 Å². The highest BCUT2D eigenvalue weighted by Gasteiger charge is 2.28. The molecule has 2 heterocycles. The van der Waals surface area contributed by atoms with Crippen LogP contribution in [0.4, 0.5) is 5.82 Å². The van der Waals surface area contributed by atoms with Gasteiger partial charge in [0.05, 0.1) is 11.6 Å². The van der Waals surface area contributed by atoms with Crippen molar-refractivity contribution in [2.24, 2.45) is 11.8 Å². The van der Waals surface area contributed by atoms with Gasteiger partial charge in [-0.15, -0.1) is 0 Å². The molecule has 164 valence electrons. The topological polar surface area (TPSA) is 69.0 Å². The minimum absolute atomic E-state index is 0.0136. The van der Waals surface area contributed by atoms with Gasteiger partial charge in [0.15, 0.2) is 0 Å². The SMILES string of the molecule is CC(C)C(NC(=O)C1CCN(c2ccc(C#N)cn2)CC1)c1ccc(C(C)(C)C)cc1. The fourth-order valence-corrected chi connectivity index (χ4v) is 4.11. The van der Waals surface area contributed by atoms with E-state index in [-0.39, 0.29) is 23.3 Å². The van der Waals surface area contributed by atoms with Crippen LogP contribution in [0.2, 0.25) is 0 Å². The third-order valence-electron chi connectivity index (χ3n) is 6.17. The zero-order chi connectivity index (χ0) is 22.6. The Kier molecular flexibility index (Phi) is 7.00. The Balaban J connectivity index is 1.61. The first kappa shape index (κ1) is 22.8. The number of amides is 1. The molecule has 1 unspecified atom stereocenters. The predicted octanol–water partition coefficient (Wildman–Crippen LogP) is 4.98. The minimum atomic E-state index is 0.0136. The Bertz CT molecular complexity index is 912. The lowest BCUT2D eigenvalue weighted by molar-refractivity contribution is -0.126. The van der Waals surface area contributed by atoms with Gasteiger partial charge in [0.2, 0.25) is 5.91 Å². The summed E-state index contributed by atoms with van der Waals surface area (Å²) in [5, 5.41) is 12.3. The van der Waals surface area contributed by atoms with Gasteiger partial charge in [-0.1, -0.05) is 58.9 Å². The number of hydrogen-bond donors (Lipinski definition) is 1. The maximum absolute atomic E-state index is 13.1. The molecule has 1 atom stereocenters. The number of nitrogens with one attached hydrogen (secondary N) is 1. The normalized spacial score (nSPS) is 16.1. The van der Waals surface area contributed by atoms with Gasteiger partial charge < -0.3 is 10.2 Å². The summed E-state index contributed by atoms with van der Waals surface area (Å²) < 4.78 is 0. The maximum Gasteiger partial charge on any atom is 0.223 e. The fraction of sp³-hybridized carbons (Fsp3) is 0.500. The highest BCUT2D eigenvalue weighted by Crippen LogP contribution is 2.28. The Morgan fingerprint density at radius 3 is 2.26 bits per heavy atom. The third kappa shape index (κ3) is 5.64. The van der Waals surface area contributed by atoms with Crippen molar-refractivity contribution in [3.63, 3.8) is 0 Å². The number of piperidine rings is 1. The third-order valence-corrected chi connectivity index (χ3v) is 6.17. The molecule has 1 N–H and O–H groups in total. The zero-order valence-electron chi connectivity index (χ0n) is 19.4. The summed E-state index contributed by atoms with van der Waals surface area (Å²) in [5.74, 6) is 1.35. The van der Waals surface area contributed by atoms with Gasteiger partial charge in [-0.25, -0.2) is 4.98 Å². The van der Waals surface area contributed by atoms with Crippen LogP contribution in [0.25, 0.3) is 0 Å². The standard InChI is InChI=1S/C26H34N4O/c1-18(2)24(20-7-9-22(10-8-20)26(3,4)5)29-25(31)21-12-14-30(15-13-21)23-11-6-19(16-27)17-28-23/h6-11,17-18,21,24H,12-15H2,1-5H3,(H,29,31). The van der Waals surface area contributed by atoms with Crippen molar-refractivity contribution in [2.45, 2.75) is 58.9 Å². The number of pyridine rings is 1. The summed E-state index contributed by atoms with van der Waals surface area (Å²) >= 11 is 0. The van der Waals surface area contributed by atoms with Crippen LogP contribution in [0.1, 0.15) is 70.2 Å². The van der Waals surface area contributed by atoms with Crippen LogP contribution >= 0.6 is 0 Å². The molecule has 0 aliphatic carbocycles. The van der Waals surface area contributed by atoms with Crippen LogP contribution in [-0.4, -0.2) is 24.0 Å². The van der Waals surface area contributed by atoms with Crippen LogP contribution in [0.3, 0.4) is 0 Å². The molecule has 0 saturated carbocycles. The fourth-order valence-electron chi connectivity index (χ4n) is 4.11. The highest BCUT2D eigenvalue weighted by molar-refractivity contribution is 5.79. The summed E-state index contributed by atoms with van der Waals surface area (Å²) in [5.41, 5.74) is 3.14. The second-order valence-corrected chi connectivity index (χ2v) is 9.88. The van der Waals surface area contributed by atoms with Gasteiger partial charge in [-0.2, -0.15) is 5.26 Å². The molecule has 3 rings (SSSR count). The Morgan fingerprint density at radius 2 is 1.77 bits per heavy atom. The van der Waals surface area contributed by atoms with E-state index in [1.165, 1.54) is 5.56 Å². The largest absolute Gasteiger partial charge is 0.357 e. The first-order valence-corrected chi connectivity index (χ1v) is 11.2. The molecule has 1 aliphatic heterocycles. The van der Waals surface area contributed by atoms with E-state index in [9.17, 15) is 4.79 Å². The Labute approximate surface area is 186 Å². The van der Waals surface area contributed by atoms with Gasteiger partial charge in [-0.05, 0) is 47.4 Å². The summed E-state index contributed by atoms with van der Waals surface area (Å²) in [4.78, 5) is 19.6. The number of nitriles is 1. The average Bonchev–Trinajstić information content (AvgIpc) is 2.77. The van der Waals surface area contributed by atoms with E-state index in [1.807, 2.05) is 6.07 Å². The van der Waals surface area contributed by atoms with Crippen LogP contribution in [0.15, 0.2) is 42.6 Å². The number of anilines is 1. The quantitative estimate of drug-likeness (QED) is 0.743. The number of hydrogen-bond acceptors (Lipinski definition) is 4. The van der Waals surface area contributed by atoms with Crippen LogP contribution < -0.4 is 10.2 Å². The van der Waals surface area contributed by atoms with E-state index >= 15 is 0 Å². The van der Waals surface area contributed by atoms with E-state index < -0.39 is 0 Å². The minimum Gasteiger partial charge on any atom is -0.357 e. The van der Waals surface area contributed by atoms with Crippen LogP contribution in [0, 0.1) is 23.2 Å². The maximum atomic E-state index is 13.1. The van der Waals surface area contributed by atoms with Gasteiger partial charge in [-0.3, -0.25) is 4.79 Å². The van der Waals surface area contributed by atoms with Crippen LogP contribution in [-0.2, 0) is 10.2 Å². The number of benzene rings is 1. The van der Waals surface area contributed by atoms with Crippen molar-refractivity contribution in [2.75, 3.05) is 18.0 Å². The van der Waals surface area contributed by atoms with Crippen molar-refractivity contribution >= 4 is 11.7 Å². The number of carbonyl (C=O) groups is 1. The van der Waals surface area contributed by atoms with E-state index in [4.69, 9.17) is 5.26 Å². The van der Waals surface area contributed by atoms with Gasteiger partial charge in [0.25, 0.3) is 0 Å². The number of aromatic nitrogens is 1. The lowest BCUT2D eigenvalue weighted by atomic mass is 9.85. The molecule has 31 heavy (non-hydrogen) atoms. The lowest BCUT2D eigenvalue weighted by Gasteiger charge is -2.33. The summed E-state index contributed by atoms with van der Waals surface area (Å²) in [6.45, 7) is 12.5. The molecule has 0 spiro atoms. The molecule has 1 saturated heterocycles. The molecule has 1 fully saturated rings. The Hall–Kier alpha value is -2.87. The molecular formula is C26H34N4O. The van der Waals surface area contributed by atoms with Gasteiger partial charge >= 0.3 is 0 Å². The van der Waals surface area contributed by atoms with Crippen molar-refractivity contribution in [1.82, 2.24) is 10.3 Å². The molecule has 1 amide bonds. The monoisotopic (exact) mass is 418 g/mol. The van der Waals surface area contributed by atoms with Gasteiger partial charge in [0.1, 0.15) is 11.9 Å². The van der Waals surface area contributed by atoms with E-state index in [0.717, 1.165) is 37.3 Å².